The molecule has 0 aliphatic carbocycles. The minimum Gasteiger partial charge on any atom is -0.339 e. The second-order valence-electron chi connectivity index (χ2n) is 4.66. The Morgan fingerprint density at radius 1 is 1.53 bits per heavy atom. The Labute approximate surface area is 102 Å². The highest BCUT2D eigenvalue weighted by Gasteiger charge is 2.34. The summed E-state index contributed by atoms with van der Waals surface area (Å²) in [6.45, 7) is 7.25. The Bertz CT molecular complexity index is 244. The SMILES string of the molecule is CC1(C)CN(C(=O)[C@H]2CCN2)CCS1.Cl. The summed E-state index contributed by atoms with van der Waals surface area (Å²) in [7, 11) is 0. The highest BCUT2D eigenvalue weighted by molar-refractivity contribution is 8.00. The molecule has 0 radical (unpaired) electrons. The Morgan fingerprint density at radius 2 is 2.20 bits per heavy atom. The Kier molecular flexibility index (Phi) is 4.32. The van der Waals surface area contributed by atoms with Crippen LogP contribution in [-0.4, -0.2) is 47.0 Å². The summed E-state index contributed by atoms with van der Waals surface area (Å²) in [5, 5.41) is 3.17. The summed E-state index contributed by atoms with van der Waals surface area (Å²) in [5.74, 6) is 1.38. The molecule has 0 unspecified atom stereocenters. The predicted octanol–water partition coefficient (Wildman–Crippen LogP) is 1.12. The maximum atomic E-state index is 11.9. The topological polar surface area (TPSA) is 32.3 Å². The molecule has 2 aliphatic heterocycles. The first-order chi connectivity index (χ1) is 6.58. The van der Waals surface area contributed by atoms with Crippen LogP contribution in [0.2, 0.25) is 0 Å². The summed E-state index contributed by atoms with van der Waals surface area (Å²) in [4.78, 5) is 13.9. The zero-order chi connectivity index (χ0) is 10.2. The van der Waals surface area contributed by atoms with E-state index in [1.807, 2.05) is 16.7 Å². The van der Waals surface area contributed by atoms with E-state index in [0.29, 0.717) is 5.91 Å². The highest BCUT2D eigenvalue weighted by Crippen LogP contribution is 2.30. The fraction of sp³-hybridized carbons (Fsp3) is 0.900. The van der Waals surface area contributed by atoms with Crippen LogP contribution in [-0.2, 0) is 4.79 Å². The van der Waals surface area contributed by atoms with E-state index in [2.05, 4.69) is 19.2 Å². The van der Waals surface area contributed by atoms with E-state index in [9.17, 15) is 4.79 Å². The van der Waals surface area contributed by atoms with Crippen molar-refractivity contribution >= 4 is 30.1 Å². The van der Waals surface area contributed by atoms with Gasteiger partial charge in [0.1, 0.15) is 0 Å². The van der Waals surface area contributed by atoms with Crippen molar-refractivity contribution < 1.29 is 4.79 Å². The molecule has 15 heavy (non-hydrogen) atoms. The maximum absolute atomic E-state index is 11.9. The van der Waals surface area contributed by atoms with Gasteiger partial charge in [0, 0.05) is 23.6 Å². The molecule has 0 spiro atoms. The van der Waals surface area contributed by atoms with Crippen LogP contribution in [0.15, 0.2) is 0 Å². The number of nitrogens with one attached hydrogen (secondary N) is 1. The van der Waals surface area contributed by atoms with E-state index in [1.54, 1.807) is 0 Å². The van der Waals surface area contributed by atoms with Crippen molar-refractivity contribution in [1.29, 1.82) is 0 Å². The number of hydrogen-bond acceptors (Lipinski definition) is 3. The number of carbonyl (C=O) groups is 1. The lowest BCUT2D eigenvalue weighted by Gasteiger charge is -2.40. The van der Waals surface area contributed by atoms with Gasteiger partial charge in [-0.1, -0.05) is 0 Å². The van der Waals surface area contributed by atoms with Gasteiger partial charge in [-0.2, -0.15) is 11.8 Å². The lowest BCUT2D eigenvalue weighted by atomic mass is 10.0. The van der Waals surface area contributed by atoms with E-state index in [0.717, 1.165) is 31.8 Å². The summed E-state index contributed by atoms with van der Waals surface area (Å²) >= 11 is 1.96. The molecule has 1 amide bonds. The Hall–Kier alpha value is 0.0700. The minimum atomic E-state index is 0. The monoisotopic (exact) mass is 250 g/mol. The zero-order valence-electron chi connectivity index (χ0n) is 9.28. The second kappa shape index (κ2) is 4.93. The van der Waals surface area contributed by atoms with Crippen LogP contribution in [0.1, 0.15) is 20.3 Å². The quantitative estimate of drug-likeness (QED) is 0.757. The second-order valence-corrected chi connectivity index (χ2v) is 6.47. The molecule has 0 bridgehead atoms. The largest absolute Gasteiger partial charge is 0.339 e. The van der Waals surface area contributed by atoms with Gasteiger partial charge in [-0.15, -0.1) is 12.4 Å². The molecule has 1 atom stereocenters. The number of hydrogen-bond donors (Lipinski definition) is 1. The van der Waals surface area contributed by atoms with Crippen LogP contribution < -0.4 is 5.32 Å². The fourth-order valence-corrected chi connectivity index (χ4v) is 3.04. The van der Waals surface area contributed by atoms with Crippen LogP contribution in [0.4, 0.5) is 0 Å². The van der Waals surface area contributed by atoms with Crippen molar-refractivity contribution in [3.8, 4) is 0 Å². The van der Waals surface area contributed by atoms with Gasteiger partial charge in [-0.05, 0) is 26.8 Å². The average Bonchev–Trinajstić information content (AvgIpc) is 1.99. The Balaban J connectivity index is 0.00000112. The lowest BCUT2D eigenvalue weighted by molar-refractivity contribution is -0.135. The van der Waals surface area contributed by atoms with Gasteiger partial charge >= 0.3 is 0 Å². The van der Waals surface area contributed by atoms with E-state index in [1.165, 1.54) is 0 Å². The molecular weight excluding hydrogens is 232 g/mol. The minimum absolute atomic E-state index is 0. The molecule has 2 aliphatic rings. The third-order valence-corrected chi connectivity index (χ3v) is 4.16. The molecule has 88 valence electrons. The predicted molar refractivity (Wildman–Crippen MR) is 66.8 cm³/mol. The summed E-state index contributed by atoms with van der Waals surface area (Å²) < 4.78 is 0.234. The molecule has 0 aromatic carbocycles. The molecule has 2 heterocycles. The summed E-state index contributed by atoms with van der Waals surface area (Å²) in [6.07, 6.45) is 1.02. The normalized spacial score (nSPS) is 28.9. The molecule has 2 fully saturated rings. The smallest absolute Gasteiger partial charge is 0.239 e. The molecule has 0 saturated carbocycles. The molecule has 5 heteroatoms. The van der Waals surface area contributed by atoms with Crippen LogP contribution in [0.25, 0.3) is 0 Å². The van der Waals surface area contributed by atoms with Crippen LogP contribution in [0.3, 0.4) is 0 Å². The van der Waals surface area contributed by atoms with Gasteiger partial charge in [0.15, 0.2) is 0 Å². The van der Waals surface area contributed by atoms with Crippen molar-refractivity contribution in [3.63, 3.8) is 0 Å². The zero-order valence-corrected chi connectivity index (χ0v) is 10.9. The van der Waals surface area contributed by atoms with Crippen molar-refractivity contribution in [2.75, 3.05) is 25.4 Å². The van der Waals surface area contributed by atoms with Gasteiger partial charge in [0.2, 0.25) is 5.91 Å². The van der Waals surface area contributed by atoms with Crippen LogP contribution in [0.5, 0.6) is 0 Å². The number of rotatable bonds is 1. The molecule has 2 rings (SSSR count). The average molecular weight is 251 g/mol. The van der Waals surface area contributed by atoms with Crippen LogP contribution in [0, 0.1) is 0 Å². The van der Waals surface area contributed by atoms with E-state index in [-0.39, 0.29) is 23.2 Å². The van der Waals surface area contributed by atoms with E-state index in [4.69, 9.17) is 0 Å². The van der Waals surface area contributed by atoms with Crippen molar-refractivity contribution in [2.24, 2.45) is 0 Å². The third kappa shape index (κ3) is 3.02. The van der Waals surface area contributed by atoms with Gasteiger partial charge in [-0.25, -0.2) is 0 Å². The summed E-state index contributed by atoms with van der Waals surface area (Å²) in [6, 6.07) is 0.119. The van der Waals surface area contributed by atoms with E-state index < -0.39 is 0 Å². The fourth-order valence-electron chi connectivity index (χ4n) is 1.92. The first kappa shape index (κ1) is 13.1. The molecule has 0 aromatic heterocycles. The first-order valence-electron chi connectivity index (χ1n) is 5.25. The number of carbonyl (C=O) groups excluding carboxylic acids is 1. The molecular formula is C10H19ClN2OS. The van der Waals surface area contributed by atoms with Gasteiger partial charge in [-0.3, -0.25) is 4.79 Å². The third-order valence-electron chi connectivity index (χ3n) is 2.86. The molecule has 1 N–H and O–H groups in total. The number of halogens is 1. The molecule has 3 nitrogen and oxygen atoms in total. The highest BCUT2D eigenvalue weighted by atomic mass is 35.5. The van der Waals surface area contributed by atoms with Crippen LogP contribution >= 0.6 is 24.2 Å². The van der Waals surface area contributed by atoms with E-state index >= 15 is 0 Å². The molecule has 2 saturated heterocycles. The van der Waals surface area contributed by atoms with Crippen molar-refractivity contribution in [1.82, 2.24) is 10.2 Å². The van der Waals surface area contributed by atoms with Gasteiger partial charge in [0.25, 0.3) is 0 Å². The van der Waals surface area contributed by atoms with Crippen molar-refractivity contribution in [2.45, 2.75) is 31.1 Å². The Morgan fingerprint density at radius 3 is 2.67 bits per heavy atom. The summed E-state index contributed by atoms with van der Waals surface area (Å²) in [5.41, 5.74) is 0. The number of amides is 1. The first-order valence-corrected chi connectivity index (χ1v) is 6.23. The maximum Gasteiger partial charge on any atom is 0.239 e. The number of thioether (sulfide) groups is 1. The number of nitrogens with zero attached hydrogens (tertiary/aromatic N) is 1. The lowest BCUT2D eigenvalue weighted by Crippen LogP contribution is -2.57. The standard InChI is InChI=1S/C10H18N2OS.ClH/c1-10(2)7-12(5-6-14-10)9(13)8-3-4-11-8;/h8,11H,3-7H2,1-2H3;1H/t8-;/m1./s1. The van der Waals surface area contributed by atoms with Gasteiger partial charge in [0.05, 0.1) is 6.04 Å². The van der Waals surface area contributed by atoms with Crippen molar-refractivity contribution in [3.05, 3.63) is 0 Å². The molecule has 0 aromatic rings. The van der Waals surface area contributed by atoms with Gasteiger partial charge < -0.3 is 10.2 Å².